The molecule has 0 aromatic heterocycles. The van der Waals surface area contributed by atoms with E-state index >= 15 is 0 Å². The lowest BCUT2D eigenvalue weighted by molar-refractivity contribution is -0.118. The minimum absolute atomic E-state index is 0.157. The number of nitrogens with one attached hydrogen (secondary N) is 2. The van der Waals surface area contributed by atoms with Crippen LogP contribution < -0.4 is 20.1 Å². The third-order valence-corrected chi connectivity index (χ3v) is 6.97. The van der Waals surface area contributed by atoms with E-state index in [0.717, 1.165) is 20.1 Å². The zero-order chi connectivity index (χ0) is 27.8. The predicted octanol–water partition coefficient (Wildman–Crippen LogP) is 8.14. The average molecular weight is 693 g/mol. The lowest BCUT2D eigenvalue weighted by Crippen LogP contribution is -2.20. The predicted molar refractivity (Wildman–Crippen MR) is 162 cm³/mol. The molecule has 0 saturated heterocycles. The average Bonchev–Trinajstić information content (AvgIpc) is 2.90. The highest BCUT2D eigenvalue weighted by atomic mass is 79.9. The van der Waals surface area contributed by atoms with Crippen molar-refractivity contribution >= 4 is 78.3 Å². The van der Waals surface area contributed by atoms with Gasteiger partial charge in [0.1, 0.15) is 11.5 Å². The van der Waals surface area contributed by atoms with Gasteiger partial charge < -0.3 is 20.1 Å². The van der Waals surface area contributed by atoms with Gasteiger partial charge in [-0.05, 0) is 78.2 Å². The molecule has 0 aliphatic rings. The van der Waals surface area contributed by atoms with Crippen LogP contribution in [0.3, 0.4) is 0 Å². The zero-order valence-electron chi connectivity index (χ0n) is 20.3. The molecule has 0 spiro atoms. The number of carbonyl (C=O) groups is 2. The van der Waals surface area contributed by atoms with Gasteiger partial charge in [0.15, 0.2) is 13.2 Å². The second kappa shape index (κ2) is 13.8. The Morgan fingerprint density at radius 1 is 0.615 bits per heavy atom. The highest BCUT2D eigenvalue weighted by molar-refractivity contribution is 9.10. The number of anilines is 2. The quantitative estimate of drug-likeness (QED) is 0.176. The van der Waals surface area contributed by atoms with E-state index in [-0.39, 0.29) is 25.0 Å². The Balaban J connectivity index is 1.22. The molecule has 2 amide bonds. The topological polar surface area (TPSA) is 76.7 Å². The summed E-state index contributed by atoms with van der Waals surface area (Å²) in [6.45, 7) is -0.313. The molecule has 0 heterocycles. The van der Waals surface area contributed by atoms with Crippen molar-refractivity contribution in [3.63, 3.8) is 0 Å². The maximum Gasteiger partial charge on any atom is 0.262 e. The van der Waals surface area contributed by atoms with Crippen LogP contribution in [0.4, 0.5) is 11.4 Å². The molecule has 0 aliphatic heterocycles. The molecule has 0 atom stereocenters. The molecule has 0 unspecified atom stereocenters. The molecule has 0 bridgehead atoms. The van der Waals surface area contributed by atoms with Gasteiger partial charge in [-0.25, -0.2) is 0 Å². The molecule has 2 N–H and O–H groups in total. The molecule has 0 fully saturated rings. The van der Waals surface area contributed by atoms with E-state index in [2.05, 4.69) is 42.5 Å². The Morgan fingerprint density at radius 3 is 1.36 bits per heavy atom. The van der Waals surface area contributed by atoms with Crippen molar-refractivity contribution in [1.82, 2.24) is 0 Å². The first-order valence-corrected chi connectivity index (χ1v) is 14.0. The summed E-state index contributed by atoms with van der Waals surface area (Å²) in [5.41, 5.74) is 3.47. The number of hydrogen-bond donors (Lipinski definition) is 2. The van der Waals surface area contributed by atoms with E-state index in [4.69, 9.17) is 32.7 Å². The zero-order valence-corrected chi connectivity index (χ0v) is 25.0. The number of rotatable bonds is 10. The Kier molecular flexibility index (Phi) is 10.3. The molecule has 39 heavy (non-hydrogen) atoms. The molecular formula is C29H22Br2Cl2N2O4. The highest BCUT2D eigenvalue weighted by Crippen LogP contribution is 2.28. The van der Waals surface area contributed by atoms with E-state index in [1.807, 2.05) is 48.5 Å². The SMILES string of the molecule is O=C(COc1ccc(Br)cc1Cl)Nc1ccc(Cc2ccc(NC(=O)COc3ccc(Br)cc3Cl)cc2)cc1. The van der Waals surface area contributed by atoms with E-state index < -0.39 is 0 Å². The lowest BCUT2D eigenvalue weighted by Gasteiger charge is -2.10. The standard InChI is InChI=1S/C29H22Br2Cl2N2O4/c30-20-5-11-26(24(32)14-20)38-16-28(36)34-22-7-1-18(2-8-22)13-19-3-9-23(10-4-19)35-29(37)17-39-27-12-6-21(31)15-25(27)33/h1-12,14-15H,13,16-17H2,(H,34,36)(H,35,37). The summed E-state index contributed by atoms with van der Waals surface area (Å²) in [4.78, 5) is 24.5. The number of carbonyl (C=O) groups excluding carboxylic acids is 2. The smallest absolute Gasteiger partial charge is 0.262 e. The highest BCUT2D eigenvalue weighted by Gasteiger charge is 2.09. The maximum absolute atomic E-state index is 12.3. The van der Waals surface area contributed by atoms with Crippen LogP contribution in [0.1, 0.15) is 11.1 Å². The molecule has 0 saturated carbocycles. The van der Waals surface area contributed by atoms with Gasteiger partial charge in [-0.1, -0.05) is 79.3 Å². The maximum atomic E-state index is 12.3. The van der Waals surface area contributed by atoms with Gasteiger partial charge in [0.2, 0.25) is 0 Å². The Morgan fingerprint density at radius 2 is 1.00 bits per heavy atom. The summed E-state index contributed by atoms with van der Waals surface area (Å²) < 4.78 is 12.7. The summed E-state index contributed by atoms with van der Waals surface area (Å²) in [5, 5.41) is 6.47. The Labute approximate surface area is 252 Å². The monoisotopic (exact) mass is 690 g/mol. The van der Waals surface area contributed by atoms with Crippen LogP contribution in [0.15, 0.2) is 93.9 Å². The normalized spacial score (nSPS) is 10.6. The number of hydrogen-bond acceptors (Lipinski definition) is 4. The van der Waals surface area contributed by atoms with Gasteiger partial charge in [-0.2, -0.15) is 0 Å². The fraction of sp³-hybridized carbons (Fsp3) is 0.103. The third-order valence-electron chi connectivity index (χ3n) is 5.39. The summed E-state index contributed by atoms with van der Waals surface area (Å²) in [6, 6.07) is 25.5. The van der Waals surface area contributed by atoms with Crippen LogP contribution in [0, 0.1) is 0 Å². The first kappa shape index (κ1) is 29.0. The van der Waals surface area contributed by atoms with Gasteiger partial charge in [0, 0.05) is 20.3 Å². The first-order chi connectivity index (χ1) is 18.7. The molecule has 10 heteroatoms. The second-order valence-corrected chi connectivity index (χ2v) is 11.0. The molecule has 4 rings (SSSR count). The third kappa shape index (κ3) is 9.00. The van der Waals surface area contributed by atoms with Crippen molar-refractivity contribution in [1.29, 1.82) is 0 Å². The molecule has 200 valence electrons. The first-order valence-electron chi connectivity index (χ1n) is 11.7. The fourth-order valence-electron chi connectivity index (χ4n) is 3.51. The van der Waals surface area contributed by atoms with E-state index in [0.29, 0.717) is 39.3 Å². The van der Waals surface area contributed by atoms with E-state index in [9.17, 15) is 9.59 Å². The van der Waals surface area contributed by atoms with Gasteiger partial charge in [0.05, 0.1) is 10.0 Å². The van der Waals surface area contributed by atoms with Crippen LogP contribution in [0.25, 0.3) is 0 Å². The van der Waals surface area contributed by atoms with Crippen molar-refractivity contribution in [3.8, 4) is 11.5 Å². The van der Waals surface area contributed by atoms with Crippen molar-refractivity contribution in [3.05, 3.63) is 115 Å². The van der Waals surface area contributed by atoms with E-state index in [1.165, 1.54) is 0 Å². The molecule has 0 aliphatic carbocycles. The molecular weight excluding hydrogens is 671 g/mol. The van der Waals surface area contributed by atoms with Crippen molar-refractivity contribution in [2.75, 3.05) is 23.8 Å². The number of halogens is 4. The summed E-state index contributed by atoms with van der Waals surface area (Å²) in [7, 11) is 0. The Hall–Kier alpha value is -3.04. The van der Waals surface area contributed by atoms with Crippen LogP contribution in [0.2, 0.25) is 10.0 Å². The molecule has 6 nitrogen and oxygen atoms in total. The Bertz CT molecular complexity index is 1350. The van der Waals surface area contributed by atoms with Gasteiger partial charge in [-0.15, -0.1) is 0 Å². The van der Waals surface area contributed by atoms with Crippen molar-refractivity contribution in [2.24, 2.45) is 0 Å². The van der Waals surface area contributed by atoms with Crippen molar-refractivity contribution in [2.45, 2.75) is 6.42 Å². The molecule has 0 radical (unpaired) electrons. The van der Waals surface area contributed by atoms with Crippen LogP contribution >= 0.6 is 55.1 Å². The largest absolute Gasteiger partial charge is 0.482 e. The van der Waals surface area contributed by atoms with E-state index in [1.54, 1.807) is 36.4 Å². The number of benzene rings is 4. The molecule has 4 aromatic rings. The van der Waals surface area contributed by atoms with Gasteiger partial charge in [-0.3, -0.25) is 9.59 Å². The van der Waals surface area contributed by atoms with Gasteiger partial charge >= 0.3 is 0 Å². The molecule has 4 aromatic carbocycles. The van der Waals surface area contributed by atoms with Gasteiger partial charge in [0.25, 0.3) is 11.8 Å². The van der Waals surface area contributed by atoms with Crippen LogP contribution in [-0.4, -0.2) is 25.0 Å². The summed E-state index contributed by atoms with van der Waals surface area (Å²) >= 11 is 18.9. The minimum Gasteiger partial charge on any atom is -0.482 e. The van der Waals surface area contributed by atoms with Crippen molar-refractivity contribution < 1.29 is 19.1 Å². The fourth-order valence-corrected chi connectivity index (χ4v) is 4.97. The van der Waals surface area contributed by atoms with Crippen LogP contribution in [-0.2, 0) is 16.0 Å². The number of amides is 2. The second-order valence-electron chi connectivity index (χ2n) is 8.39. The van der Waals surface area contributed by atoms with Crippen LogP contribution in [0.5, 0.6) is 11.5 Å². The lowest BCUT2D eigenvalue weighted by atomic mass is 10.0. The number of ether oxygens (including phenoxy) is 2. The summed E-state index contributed by atoms with van der Waals surface area (Å²) in [6.07, 6.45) is 0.693. The summed E-state index contributed by atoms with van der Waals surface area (Å²) in [5.74, 6) is 0.305. The minimum atomic E-state index is -0.287.